The topological polar surface area (TPSA) is 62.3 Å². The van der Waals surface area contributed by atoms with Crippen LogP contribution < -0.4 is 5.32 Å². The van der Waals surface area contributed by atoms with Crippen molar-refractivity contribution in [3.05, 3.63) is 30.1 Å². The molecule has 0 amide bonds. The lowest BCUT2D eigenvalue weighted by Crippen LogP contribution is -2.49. The fraction of sp³-hybridized carbons (Fsp3) is 0.615. The van der Waals surface area contributed by atoms with Crippen molar-refractivity contribution < 1.29 is 8.42 Å². The molecular formula is C13H21N3O2S. The molecule has 6 heteroatoms. The third-order valence-corrected chi connectivity index (χ3v) is 4.90. The lowest BCUT2D eigenvalue weighted by Gasteiger charge is -2.36. The second-order valence-corrected chi connectivity index (χ2v) is 7.22. The zero-order chi connectivity index (χ0) is 13.9. The first kappa shape index (κ1) is 14.4. The van der Waals surface area contributed by atoms with Gasteiger partial charge in [0, 0.05) is 38.1 Å². The molecule has 1 fully saturated rings. The van der Waals surface area contributed by atoms with E-state index in [-0.39, 0.29) is 0 Å². The van der Waals surface area contributed by atoms with Crippen molar-refractivity contribution in [3.8, 4) is 0 Å². The smallest absolute Gasteiger partial charge is 0.211 e. The van der Waals surface area contributed by atoms with Gasteiger partial charge in [-0.25, -0.2) is 12.7 Å². The highest BCUT2D eigenvalue weighted by Crippen LogP contribution is 2.19. The molecule has 1 saturated heterocycles. The van der Waals surface area contributed by atoms with Gasteiger partial charge in [0.05, 0.1) is 6.26 Å². The summed E-state index contributed by atoms with van der Waals surface area (Å²) in [6.45, 7) is 4.08. The third kappa shape index (κ3) is 3.99. The van der Waals surface area contributed by atoms with Gasteiger partial charge >= 0.3 is 0 Å². The molecule has 0 saturated carbocycles. The second-order valence-electron chi connectivity index (χ2n) is 5.24. The third-order valence-electron chi connectivity index (χ3n) is 3.63. The van der Waals surface area contributed by atoms with Gasteiger partial charge < -0.3 is 5.32 Å². The Morgan fingerprint density at radius 3 is 2.89 bits per heavy atom. The van der Waals surface area contributed by atoms with Gasteiger partial charge in [-0.05, 0) is 24.0 Å². The van der Waals surface area contributed by atoms with Crippen molar-refractivity contribution in [2.24, 2.45) is 5.92 Å². The molecular weight excluding hydrogens is 262 g/mol. The van der Waals surface area contributed by atoms with E-state index in [0.717, 1.165) is 18.5 Å². The Balaban J connectivity index is 1.87. The van der Waals surface area contributed by atoms with Gasteiger partial charge in [-0.15, -0.1) is 0 Å². The molecule has 0 spiro atoms. The predicted molar refractivity (Wildman–Crippen MR) is 75.1 cm³/mol. The van der Waals surface area contributed by atoms with Crippen molar-refractivity contribution in [1.29, 1.82) is 0 Å². The largest absolute Gasteiger partial charge is 0.310 e. The van der Waals surface area contributed by atoms with Gasteiger partial charge in [0.2, 0.25) is 10.0 Å². The molecule has 106 valence electrons. The molecule has 0 bridgehead atoms. The van der Waals surface area contributed by atoms with Crippen molar-refractivity contribution in [1.82, 2.24) is 14.6 Å². The zero-order valence-corrected chi connectivity index (χ0v) is 12.2. The standard InChI is InChI=1S/C13H21N3O2S/c1-11-10-16(19(2,17)18)7-5-13(11)15-9-12-4-3-6-14-8-12/h3-4,6,8,11,13,15H,5,7,9-10H2,1-2H3. The van der Waals surface area contributed by atoms with E-state index in [1.807, 2.05) is 18.3 Å². The molecule has 0 aliphatic carbocycles. The van der Waals surface area contributed by atoms with Crippen LogP contribution in [0.4, 0.5) is 0 Å². The van der Waals surface area contributed by atoms with Crippen LogP contribution in [-0.4, -0.2) is 43.1 Å². The Morgan fingerprint density at radius 1 is 1.53 bits per heavy atom. The number of pyridine rings is 1. The maximum absolute atomic E-state index is 11.5. The average molecular weight is 283 g/mol. The molecule has 1 N–H and O–H groups in total. The summed E-state index contributed by atoms with van der Waals surface area (Å²) in [4.78, 5) is 4.08. The van der Waals surface area contributed by atoms with Gasteiger partial charge in [-0.1, -0.05) is 13.0 Å². The van der Waals surface area contributed by atoms with Gasteiger partial charge in [-0.2, -0.15) is 0 Å². The summed E-state index contributed by atoms with van der Waals surface area (Å²) in [5.74, 6) is 0.320. The van der Waals surface area contributed by atoms with E-state index in [1.54, 1.807) is 10.5 Å². The molecule has 19 heavy (non-hydrogen) atoms. The Hall–Kier alpha value is -0.980. The number of aromatic nitrogens is 1. The number of piperidine rings is 1. The monoisotopic (exact) mass is 283 g/mol. The maximum Gasteiger partial charge on any atom is 0.211 e. The summed E-state index contributed by atoms with van der Waals surface area (Å²) in [6.07, 6.45) is 5.75. The number of sulfonamides is 1. The quantitative estimate of drug-likeness (QED) is 0.889. The number of rotatable bonds is 4. The molecule has 0 aromatic carbocycles. The van der Waals surface area contributed by atoms with E-state index < -0.39 is 10.0 Å². The molecule has 2 heterocycles. The van der Waals surface area contributed by atoms with E-state index in [2.05, 4.69) is 17.2 Å². The van der Waals surface area contributed by atoms with E-state index in [9.17, 15) is 8.42 Å². The number of hydrogen-bond donors (Lipinski definition) is 1. The minimum Gasteiger partial charge on any atom is -0.310 e. The SMILES string of the molecule is CC1CN(S(C)(=O)=O)CCC1NCc1cccnc1. The fourth-order valence-corrected chi connectivity index (χ4v) is 3.41. The highest BCUT2D eigenvalue weighted by atomic mass is 32.2. The zero-order valence-electron chi connectivity index (χ0n) is 11.4. The van der Waals surface area contributed by atoms with Crippen molar-refractivity contribution >= 4 is 10.0 Å². The molecule has 1 aromatic heterocycles. The van der Waals surface area contributed by atoms with Crippen LogP contribution in [0, 0.1) is 5.92 Å². The molecule has 2 atom stereocenters. The highest BCUT2D eigenvalue weighted by Gasteiger charge is 2.29. The van der Waals surface area contributed by atoms with Crippen LogP contribution >= 0.6 is 0 Å². The minimum absolute atomic E-state index is 0.320. The van der Waals surface area contributed by atoms with Gasteiger partial charge in [0.1, 0.15) is 0 Å². The fourth-order valence-electron chi connectivity index (χ4n) is 2.46. The summed E-state index contributed by atoms with van der Waals surface area (Å²) in [7, 11) is -3.05. The van der Waals surface area contributed by atoms with Crippen LogP contribution in [0.5, 0.6) is 0 Å². The Labute approximate surface area is 115 Å². The molecule has 1 aromatic rings. The van der Waals surface area contributed by atoms with Crippen molar-refractivity contribution in [2.75, 3.05) is 19.3 Å². The van der Waals surface area contributed by atoms with Crippen molar-refractivity contribution in [3.63, 3.8) is 0 Å². The molecule has 2 unspecified atom stereocenters. The second kappa shape index (κ2) is 5.98. The summed E-state index contributed by atoms with van der Waals surface area (Å²) >= 11 is 0. The van der Waals surface area contributed by atoms with Gasteiger partial charge in [-0.3, -0.25) is 4.98 Å². The van der Waals surface area contributed by atoms with Crippen molar-refractivity contribution in [2.45, 2.75) is 25.9 Å². The summed E-state index contributed by atoms with van der Waals surface area (Å²) in [6, 6.07) is 4.32. The predicted octanol–water partition coefficient (Wildman–Crippen LogP) is 0.841. The Bertz CT molecular complexity index is 504. The van der Waals surface area contributed by atoms with Crippen LogP contribution in [0.3, 0.4) is 0 Å². The van der Waals surface area contributed by atoms with E-state index in [4.69, 9.17) is 0 Å². The Kier molecular flexibility index (Phi) is 4.54. The number of nitrogens with one attached hydrogen (secondary N) is 1. The summed E-state index contributed by atoms with van der Waals surface area (Å²) < 4.78 is 24.6. The Morgan fingerprint density at radius 2 is 2.32 bits per heavy atom. The van der Waals surface area contributed by atoms with Gasteiger partial charge in [0.15, 0.2) is 0 Å². The minimum atomic E-state index is -3.05. The van der Waals surface area contributed by atoms with E-state index >= 15 is 0 Å². The maximum atomic E-state index is 11.5. The van der Waals surface area contributed by atoms with Crippen LogP contribution in [0.1, 0.15) is 18.9 Å². The van der Waals surface area contributed by atoms with Crippen LogP contribution in [0.2, 0.25) is 0 Å². The number of nitrogens with zero attached hydrogens (tertiary/aromatic N) is 2. The van der Waals surface area contributed by atoms with E-state index in [1.165, 1.54) is 6.26 Å². The molecule has 5 nitrogen and oxygen atoms in total. The van der Waals surface area contributed by atoms with E-state index in [0.29, 0.717) is 25.0 Å². The first-order valence-corrected chi connectivity index (χ1v) is 8.39. The molecule has 1 aliphatic rings. The molecule has 0 radical (unpaired) electrons. The lowest BCUT2D eigenvalue weighted by atomic mass is 9.95. The first-order valence-electron chi connectivity index (χ1n) is 6.54. The summed E-state index contributed by atoms with van der Waals surface area (Å²) in [5, 5.41) is 3.50. The summed E-state index contributed by atoms with van der Waals surface area (Å²) in [5.41, 5.74) is 1.15. The van der Waals surface area contributed by atoms with Crippen LogP contribution in [0.25, 0.3) is 0 Å². The lowest BCUT2D eigenvalue weighted by molar-refractivity contribution is 0.220. The molecule has 1 aliphatic heterocycles. The average Bonchev–Trinajstić information content (AvgIpc) is 2.37. The molecule has 2 rings (SSSR count). The number of hydrogen-bond acceptors (Lipinski definition) is 4. The van der Waals surface area contributed by atoms with Crippen LogP contribution in [-0.2, 0) is 16.6 Å². The highest BCUT2D eigenvalue weighted by molar-refractivity contribution is 7.88. The first-order chi connectivity index (χ1) is 8.97. The van der Waals surface area contributed by atoms with Crippen LogP contribution in [0.15, 0.2) is 24.5 Å². The van der Waals surface area contributed by atoms with Gasteiger partial charge in [0.25, 0.3) is 0 Å². The normalized spacial score (nSPS) is 25.4.